The Kier molecular flexibility index (Phi) is 4.00. The Morgan fingerprint density at radius 1 is 0.750 bits per heavy atom. The maximum absolute atomic E-state index is 12.9. The third-order valence-corrected chi connectivity index (χ3v) is 3.98. The molecule has 0 saturated carbocycles. The number of hydrogen-bond acceptors (Lipinski definition) is 1. The lowest BCUT2D eigenvalue weighted by molar-refractivity contribution is 0.578. The number of rotatable bonds is 3. The Hall–Kier alpha value is -1.83. The van der Waals surface area contributed by atoms with Crippen molar-refractivity contribution < 1.29 is 4.39 Å². The molecule has 1 heterocycles. The van der Waals surface area contributed by atoms with Crippen LogP contribution in [0.4, 0.5) is 10.1 Å². The second-order valence-corrected chi connectivity index (χ2v) is 5.52. The van der Waals surface area contributed by atoms with Crippen molar-refractivity contribution in [1.82, 2.24) is 0 Å². The molecule has 0 amide bonds. The Morgan fingerprint density at radius 2 is 1.30 bits per heavy atom. The Morgan fingerprint density at radius 3 is 1.90 bits per heavy atom. The lowest BCUT2D eigenvalue weighted by atomic mass is 10.0. The predicted octanol–water partition coefficient (Wildman–Crippen LogP) is 4.41. The lowest BCUT2D eigenvalue weighted by Crippen LogP contribution is -2.29. The van der Waals surface area contributed by atoms with Gasteiger partial charge in [-0.3, -0.25) is 0 Å². The van der Waals surface area contributed by atoms with Crippen molar-refractivity contribution in [3.8, 4) is 0 Å². The van der Waals surface area contributed by atoms with E-state index >= 15 is 0 Å². The summed E-state index contributed by atoms with van der Waals surface area (Å²) in [6.07, 6.45) is 4.83. The van der Waals surface area contributed by atoms with Crippen LogP contribution in [0.1, 0.15) is 30.4 Å². The molecule has 0 aliphatic carbocycles. The van der Waals surface area contributed by atoms with E-state index in [2.05, 4.69) is 29.2 Å². The van der Waals surface area contributed by atoms with Gasteiger partial charge in [-0.1, -0.05) is 24.3 Å². The van der Waals surface area contributed by atoms with Crippen molar-refractivity contribution in [2.24, 2.45) is 0 Å². The van der Waals surface area contributed by atoms with E-state index < -0.39 is 0 Å². The number of benzene rings is 2. The molecule has 0 bridgehead atoms. The molecule has 1 fully saturated rings. The first-order valence-electron chi connectivity index (χ1n) is 7.39. The molecule has 2 aromatic carbocycles. The summed E-state index contributed by atoms with van der Waals surface area (Å²) >= 11 is 0. The van der Waals surface area contributed by atoms with Gasteiger partial charge in [0.25, 0.3) is 0 Å². The molecule has 2 heteroatoms. The molecular formula is C18H20FN. The van der Waals surface area contributed by atoms with Crippen molar-refractivity contribution in [3.05, 3.63) is 65.5 Å². The average molecular weight is 269 g/mol. The third-order valence-electron chi connectivity index (χ3n) is 3.98. The molecule has 1 aliphatic heterocycles. The molecule has 1 aliphatic rings. The molecule has 0 N–H and O–H groups in total. The maximum Gasteiger partial charge on any atom is 0.123 e. The van der Waals surface area contributed by atoms with Gasteiger partial charge in [0.2, 0.25) is 0 Å². The van der Waals surface area contributed by atoms with Crippen LogP contribution in [0.15, 0.2) is 48.5 Å². The number of halogens is 1. The fraction of sp³-hybridized carbons (Fsp3) is 0.333. The van der Waals surface area contributed by atoms with E-state index in [9.17, 15) is 4.39 Å². The van der Waals surface area contributed by atoms with Crippen LogP contribution in [-0.2, 0) is 6.42 Å². The predicted molar refractivity (Wildman–Crippen MR) is 81.7 cm³/mol. The van der Waals surface area contributed by atoms with Crippen LogP contribution in [0.5, 0.6) is 0 Å². The van der Waals surface area contributed by atoms with Crippen LogP contribution in [0.3, 0.4) is 0 Å². The molecule has 20 heavy (non-hydrogen) atoms. The molecule has 2 aromatic rings. The summed E-state index contributed by atoms with van der Waals surface area (Å²) in [6, 6.07) is 15.6. The summed E-state index contributed by atoms with van der Waals surface area (Å²) in [4.78, 5) is 2.46. The molecule has 0 atom stereocenters. The number of piperidine rings is 1. The lowest BCUT2D eigenvalue weighted by Gasteiger charge is -2.28. The zero-order chi connectivity index (χ0) is 13.8. The molecule has 0 aromatic heterocycles. The Balaban J connectivity index is 1.67. The van der Waals surface area contributed by atoms with Gasteiger partial charge in [-0.2, -0.15) is 0 Å². The highest BCUT2D eigenvalue weighted by molar-refractivity contribution is 5.48. The summed E-state index contributed by atoms with van der Waals surface area (Å²) in [5, 5.41) is 0. The fourth-order valence-electron chi connectivity index (χ4n) is 2.81. The van der Waals surface area contributed by atoms with Crippen LogP contribution >= 0.6 is 0 Å². The van der Waals surface area contributed by atoms with Crippen LogP contribution in [0, 0.1) is 5.82 Å². The Labute approximate surface area is 120 Å². The van der Waals surface area contributed by atoms with Crippen LogP contribution in [-0.4, -0.2) is 13.1 Å². The maximum atomic E-state index is 12.9. The number of hydrogen-bond donors (Lipinski definition) is 0. The van der Waals surface area contributed by atoms with Gasteiger partial charge in [0.15, 0.2) is 0 Å². The van der Waals surface area contributed by atoms with Crippen molar-refractivity contribution in [1.29, 1.82) is 0 Å². The van der Waals surface area contributed by atoms with Crippen LogP contribution < -0.4 is 4.90 Å². The minimum absolute atomic E-state index is 0.172. The smallest absolute Gasteiger partial charge is 0.123 e. The fourth-order valence-corrected chi connectivity index (χ4v) is 2.81. The van der Waals surface area contributed by atoms with Gasteiger partial charge in [0.05, 0.1) is 0 Å². The van der Waals surface area contributed by atoms with Gasteiger partial charge in [-0.15, -0.1) is 0 Å². The highest BCUT2D eigenvalue weighted by Crippen LogP contribution is 2.21. The van der Waals surface area contributed by atoms with Crippen LogP contribution in [0.25, 0.3) is 0 Å². The molecular weight excluding hydrogens is 249 g/mol. The zero-order valence-electron chi connectivity index (χ0n) is 11.7. The number of anilines is 1. The Bertz CT molecular complexity index is 539. The molecule has 1 saturated heterocycles. The quantitative estimate of drug-likeness (QED) is 0.798. The highest BCUT2D eigenvalue weighted by atomic mass is 19.1. The largest absolute Gasteiger partial charge is 0.372 e. The van der Waals surface area contributed by atoms with E-state index in [0.717, 1.165) is 12.0 Å². The highest BCUT2D eigenvalue weighted by Gasteiger charge is 2.10. The van der Waals surface area contributed by atoms with Gasteiger partial charge in [-0.05, 0) is 61.1 Å². The van der Waals surface area contributed by atoms with Gasteiger partial charge in [-0.25, -0.2) is 4.39 Å². The normalized spacial score (nSPS) is 15.3. The topological polar surface area (TPSA) is 3.24 Å². The molecule has 0 unspecified atom stereocenters. The number of nitrogens with zero attached hydrogens (tertiary/aromatic N) is 1. The van der Waals surface area contributed by atoms with Crippen molar-refractivity contribution in [2.45, 2.75) is 25.7 Å². The van der Waals surface area contributed by atoms with E-state index in [1.54, 1.807) is 0 Å². The molecule has 3 rings (SSSR count). The standard InChI is InChI=1S/C18H20FN/c19-17-8-4-15(5-9-17)14-16-6-10-18(11-7-16)20-12-2-1-3-13-20/h4-11H,1-3,12-14H2. The second kappa shape index (κ2) is 6.08. The van der Waals surface area contributed by atoms with E-state index in [1.165, 1.54) is 55.7 Å². The van der Waals surface area contributed by atoms with E-state index in [1.807, 2.05) is 12.1 Å². The summed E-state index contributed by atoms with van der Waals surface area (Å²) in [5.74, 6) is -0.172. The van der Waals surface area contributed by atoms with Gasteiger partial charge in [0.1, 0.15) is 5.82 Å². The van der Waals surface area contributed by atoms with Crippen molar-refractivity contribution >= 4 is 5.69 Å². The monoisotopic (exact) mass is 269 g/mol. The minimum atomic E-state index is -0.172. The van der Waals surface area contributed by atoms with Crippen LogP contribution in [0.2, 0.25) is 0 Å². The first-order chi connectivity index (χ1) is 9.81. The van der Waals surface area contributed by atoms with Crippen molar-refractivity contribution in [2.75, 3.05) is 18.0 Å². The molecule has 104 valence electrons. The van der Waals surface area contributed by atoms with Crippen molar-refractivity contribution in [3.63, 3.8) is 0 Å². The minimum Gasteiger partial charge on any atom is -0.372 e. The summed E-state index contributed by atoms with van der Waals surface area (Å²) in [7, 11) is 0. The molecule has 0 spiro atoms. The van der Waals surface area contributed by atoms with E-state index in [4.69, 9.17) is 0 Å². The van der Waals surface area contributed by atoms with E-state index in [0.29, 0.717) is 0 Å². The molecule has 0 radical (unpaired) electrons. The average Bonchev–Trinajstić information content (AvgIpc) is 2.51. The first kappa shape index (κ1) is 13.2. The zero-order valence-corrected chi connectivity index (χ0v) is 11.7. The third kappa shape index (κ3) is 3.19. The second-order valence-electron chi connectivity index (χ2n) is 5.52. The van der Waals surface area contributed by atoms with Gasteiger partial charge < -0.3 is 4.90 Å². The summed E-state index contributed by atoms with van der Waals surface area (Å²) < 4.78 is 12.9. The SMILES string of the molecule is Fc1ccc(Cc2ccc(N3CCCCC3)cc2)cc1. The van der Waals surface area contributed by atoms with Gasteiger partial charge >= 0.3 is 0 Å². The summed E-state index contributed by atoms with van der Waals surface area (Å²) in [6.45, 7) is 2.36. The summed E-state index contributed by atoms with van der Waals surface area (Å²) in [5.41, 5.74) is 3.75. The van der Waals surface area contributed by atoms with Gasteiger partial charge in [0, 0.05) is 18.8 Å². The first-order valence-corrected chi connectivity index (χ1v) is 7.39. The molecule has 1 nitrogen and oxygen atoms in total. The van der Waals surface area contributed by atoms with E-state index in [-0.39, 0.29) is 5.82 Å².